The predicted octanol–water partition coefficient (Wildman–Crippen LogP) is 1.22. The van der Waals surface area contributed by atoms with Crippen LogP contribution in [0.3, 0.4) is 0 Å². The molecule has 0 aromatic carbocycles. The second-order valence-corrected chi connectivity index (χ2v) is 4.88. The van der Waals surface area contributed by atoms with Crippen LogP contribution in [0.15, 0.2) is 0 Å². The highest BCUT2D eigenvalue weighted by Crippen LogP contribution is 2.30. The van der Waals surface area contributed by atoms with Gasteiger partial charge >= 0.3 is 23.9 Å². The van der Waals surface area contributed by atoms with Crippen molar-refractivity contribution < 1.29 is 38.1 Å². The minimum atomic E-state index is -0.986. The third kappa shape index (κ3) is 3.10. The highest BCUT2D eigenvalue weighted by Gasteiger charge is 2.39. The summed E-state index contributed by atoms with van der Waals surface area (Å²) in [5, 5.41) is 0. The van der Waals surface area contributed by atoms with E-state index < -0.39 is 41.0 Å². The first-order valence-corrected chi connectivity index (χ1v) is 6.88. The fourth-order valence-electron chi connectivity index (χ4n) is 2.30. The summed E-state index contributed by atoms with van der Waals surface area (Å²) in [7, 11) is 4.37. The molecule has 1 heterocycles. The molecule has 0 amide bonds. The molecule has 24 heavy (non-hydrogen) atoms. The molecule has 0 fully saturated rings. The Balaban J connectivity index is 4.09. The first-order valence-electron chi connectivity index (χ1n) is 6.88. The van der Waals surface area contributed by atoms with Crippen LogP contribution in [0.4, 0.5) is 0 Å². The molecule has 1 rings (SSSR count). The van der Waals surface area contributed by atoms with Crippen LogP contribution >= 0.6 is 0 Å². The van der Waals surface area contributed by atoms with Gasteiger partial charge in [0.2, 0.25) is 0 Å². The molecule has 0 aliphatic carbocycles. The van der Waals surface area contributed by atoms with Crippen LogP contribution in [0, 0.1) is 0 Å². The smallest absolute Gasteiger partial charge is 0.355 e. The lowest BCUT2D eigenvalue weighted by Gasteiger charge is -2.15. The molecule has 0 aliphatic rings. The molecular weight excluding hydrogens is 322 g/mol. The third-order valence-electron chi connectivity index (χ3n) is 3.26. The number of rotatable bonds is 5. The van der Waals surface area contributed by atoms with E-state index in [4.69, 9.17) is 0 Å². The molecule has 132 valence electrons. The van der Waals surface area contributed by atoms with Gasteiger partial charge in [-0.3, -0.25) is 0 Å². The van der Waals surface area contributed by atoms with E-state index in [1.165, 1.54) is 4.57 Å². The standard InChI is InChI=1S/C15H19NO8/c1-7(2)16-10(14(19)23-5)8(12(17)21-3)9(13(18)22-4)11(16)15(20)24-6/h7H,1-6H3. The average Bonchev–Trinajstić information content (AvgIpc) is 2.94. The number of ether oxygens (including phenoxy) is 4. The molecule has 0 saturated carbocycles. The summed E-state index contributed by atoms with van der Waals surface area (Å²) >= 11 is 0. The minimum Gasteiger partial charge on any atom is -0.465 e. The van der Waals surface area contributed by atoms with Gasteiger partial charge in [0.1, 0.15) is 22.5 Å². The van der Waals surface area contributed by atoms with Gasteiger partial charge < -0.3 is 23.5 Å². The zero-order valence-electron chi connectivity index (χ0n) is 14.3. The second kappa shape index (κ2) is 7.62. The van der Waals surface area contributed by atoms with Crippen molar-refractivity contribution in [3.8, 4) is 0 Å². The lowest BCUT2D eigenvalue weighted by Crippen LogP contribution is -2.20. The molecule has 1 aromatic heterocycles. The minimum absolute atomic E-state index is 0.292. The summed E-state index contributed by atoms with van der Waals surface area (Å²) in [6.07, 6.45) is 0. The normalized spacial score (nSPS) is 10.3. The number of methoxy groups -OCH3 is 4. The Bertz CT molecular complexity index is 633. The maximum atomic E-state index is 12.2. The topological polar surface area (TPSA) is 110 Å². The molecule has 1 aromatic rings. The molecule has 0 bridgehead atoms. The largest absolute Gasteiger partial charge is 0.465 e. The van der Waals surface area contributed by atoms with Crippen LogP contribution in [0.1, 0.15) is 61.6 Å². The highest BCUT2D eigenvalue weighted by molar-refractivity contribution is 6.15. The van der Waals surface area contributed by atoms with Crippen LogP contribution in [0.2, 0.25) is 0 Å². The summed E-state index contributed by atoms with van der Waals surface area (Å²) in [5.41, 5.74) is -1.41. The summed E-state index contributed by atoms with van der Waals surface area (Å²) in [5.74, 6) is -3.80. The lowest BCUT2D eigenvalue weighted by molar-refractivity contribution is 0.0530. The molecule has 0 saturated heterocycles. The Morgan fingerprint density at radius 3 is 1.17 bits per heavy atom. The van der Waals surface area contributed by atoms with E-state index in [1.54, 1.807) is 13.8 Å². The fourth-order valence-corrected chi connectivity index (χ4v) is 2.30. The van der Waals surface area contributed by atoms with Crippen molar-refractivity contribution in [3.63, 3.8) is 0 Å². The quantitative estimate of drug-likeness (QED) is 0.580. The van der Waals surface area contributed by atoms with E-state index in [0.717, 1.165) is 28.4 Å². The van der Waals surface area contributed by atoms with Gasteiger partial charge in [-0.2, -0.15) is 0 Å². The van der Waals surface area contributed by atoms with Crippen molar-refractivity contribution in [2.45, 2.75) is 19.9 Å². The molecule has 9 nitrogen and oxygen atoms in total. The number of aromatic nitrogens is 1. The van der Waals surface area contributed by atoms with Crippen LogP contribution < -0.4 is 0 Å². The Morgan fingerprint density at radius 1 is 0.667 bits per heavy atom. The number of hydrogen-bond acceptors (Lipinski definition) is 8. The zero-order valence-corrected chi connectivity index (χ0v) is 14.3. The first kappa shape index (κ1) is 19.2. The lowest BCUT2D eigenvalue weighted by atomic mass is 10.1. The number of carbonyl (C=O) groups is 4. The number of esters is 4. The Hall–Kier alpha value is -2.84. The first-order chi connectivity index (χ1) is 11.3. The third-order valence-corrected chi connectivity index (χ3v) is 3.26. The summed E-state index contributed by atoms with van der Waals surface area (Å²) in [4.78, 5) is 48.8. The zero-order chi connectivity index (χ0) is 18.6. The molecule has 9 heteroatoms. The van der Waals surface area contributed by atoms with Crippen molar-refractivity contribution in [2.75, 3.05) is 28.4 Å². The van der Waals surface area contributed by atoms with Crippen molar-refractivity contribution in [3.05, 3.63) is 22.5 Å². The maximum Gasteiger partial charge on any atom is 0.355 e. The van der Waals surface area contributed by atoms with Crippen molar-refractivity contribution in [1.29, 1.82) is 0 Å². The van der Waals surface area contributed by atoms with Crippen LogP contribution in [-0.4, -0.2) is 56.9 Å². The average molecular weight is 341 g/mol. The Morgan fingerprint density at radius 2 is 0.958 bits per heavy atom. The van der Waals surface area contributed by atoms with Gasteiger partial charge in [0.15, 0.2) is 0 Å². The monoisotopic (exact) mass is 341 g/mol. The second-order valence-electron chi connectivity index (χ2n) is 4.88. The molecule has 0 atom stereocenters. The van der Waals surface area contributed by atoms with Gasteiger partial charge in [-0.05, 0) is 13.8 Å². The van der Waals surface area contributed by atoms with Gasteiger partial charge in [-0.15, -0.1) is 0 Å². The summed E-state index contributed by atoms with van der Waals surface area (Å²) < 4.78 is 19.9. The van der Waals surface area contributed by atoms with Crippen LogP contribution in [0.25, 0.3) is 0 Å². The number of nitrogens with zero attached hydrogens (tertiary/aromatic N) is 1. The van der Waals surface area contributed by atoms with E-state index in [9.17, 15) is 19.2 Å². The molecule has 0 aliphatic heterocycles. The number of hydrogen-bond donors (Lipinski definition) is 0. The van der Waals surface area contributed by atoms with Crippen LogP contribution in [-0.2, 0) is 18.9 Å². The van der Waals surface area contributed by atoms with Gasteiger partial charge in [-0.1, -0.05) is 0 Å². The SMILES string of the molecule is COC(=O)c1c(C(=O)OC)c(C(=O)OC)n(C(C)C)c1C(=O)OC. The van der Waals surface area contributed by atoms with E-state index in [1.807, 2.05) is 0 Å². The van der Waals surface area contributed by atoms with Gasteiger partial charge in [-0.25, -0.2) is 19.2 Å². The van der Waals surface area contributed by atoms with Gasteiger partial charge in [0.25, 0.3) is 0 Å². The summed E-state index contributed by atoms with van der Waals surface area (Å²) in [6, 6.07) is -0.477. The molecule has 0 spiro atoms. The fraction of sp³-hybridized carbons (Fsp3) is 0.467. The van der Waals surface area contributed by atoms with Crippen molar-refractivity contribution in [1.82, 2.24) is 4.57 Å². The molecule has 0 radical (unpaired) electrons. The molecule has 0 unspecified atom stereocenters. The Labute approximate surface area is 138 Å². The maximum absolute atomic E-state index is 12.2. The molecule has 0 N–H and O–H groups in total. The summed E-state index contributed by atoms with van der Waals surface area (Å²) in [6.45, 7) is 3.31. The van der Waals surface area contributed by atoms with Crippen molar-refractivity contribution in [2.24, 2.45) is 0 Å². The van der Waals surface area contributed by atoms with Gasteiger partial charge in [0, 0.05) is 6.04 Å². The van der Waals surface area contributed by atoms with E-state index in [-0.39, 0.29) is 11.4 Å². The van der Waals surface area contributed by atoms with Gasteiger partial charge in [0.05, 0.1) is 28.4 Å². The number of carbonyl (C=O) groups excluding carboxylic acids is 4. The Kier molecular flexibility index (Phi) is 6.10. The highest BCUT2D eigenvalue weighted by atomic mass is 16.5. The van der Waals surface area contributed by atoms with E-state index >= 15 is 0 Å². The van der Waals surface area contributed by atoms with E-state index in [2.05, 4.69) is 18.9 Å². The van der Waals surface area contributed by atoms with E-state index in [0.29, 0.717) is 0 Å². The van der Waals surface area contributed by atoms with Crippen molar-refractivity contribution >= 4 is 23.9 Å². The van der Waals surface area contributed by atoms with Crippen LogP contribution in [0.5, 0.6) is 0 Å². The predicted molar refractivity (Wildman–Crippen MR) is 80.2 cm³/mol. The molecular formula is C15H19NO8.